The van der Waals surface area contributed by atoms with Gasteiger partial charge in [0.1, 0.15) is 6.04 Å². The summed E-state index contributed by atoms with van der Waals surface area (Å²) in [4.78, 5) is 33.7. The zero-order valence-corrected chi connectivity index (χ0v) is 18.9. The van der Waals surface area contributed by atoms with Crippen molar-refractivity contribution in [3.8, 4) is 0 Å². The number of carboxylic acids is 1. The number of unbranched alkanes of at least 4 members (excludes halogenated alkanes) is 4. The molecule has 1 unspecified atom stereocenters. The molecule has 4 N–H and O–H groups in total. The van der Waals surface area contributed by atoms with Crippen LogP contribution in [-0.2, 0) is 14.4 Å². The molecule has 0 aliphatic heterocycles. The van der Waals surface area contributed by atoms with Crippen molar-refractivity contribution in [1.82, 2.24) is 5.32 Å². The number of allylic oxidation sites excluding steroid dienone is 8. The van der Waals surface area contributed by atoms with Crippen molar-refractivity contribution in [2.24, 2.45) is 5.73 Å². The fourth-order valence-electron chi connectivity index (χ4n) is 2.75. The Morgan fingerprint density at radius 2 is 1.32 bits per heavy atom. The Morgan fingerprint density at radius 1 is 0.806 bits per heavy atom. The molecule has 2 amide bonds. The van der Waals surface area contributed by atoms with Crippen molar-refractivity contribution < 1.29 is 19.5 Å². The lowest BCUT2D eigenvalue weighted by Crippen LogP contribution is -2.41. The summed E-state index contributed by atoms with van der Waals surface area (Å²) in [5.41, 5.74) is 5.02. The maximum Gasteiger partial charge on any atom is 0.326 e. The van der Waals surface area contributed by atoms with Gasteiger partial charge in [-0.1, -0.05) is 68.4 Å². The summed E-state index contributed by atoms with van der Waals surface area (Å²) in [6.45, 7) is 2.22. The molecule has 0 rings (SSSR count). The first-order chi connectivity index (χ1) is 15.0. The minimum atomic E-state index is -1.16. The van der Waals surface area contributed by atoms with E-state index < -0.39 is 17.9 Å². The molecule has 0 radical (unpaired) electrons. The van der Waals surface area contributed by atoms with Crippen molar-refractivity contribution in [3.05, 3.63) is 48.6 Å². The topological polar surface area (TPSA) is 109 Å². The normalized spacial score (nSPS) is 12.9. The molecular formula is C25H40N2O4. The highest BCUT2D eigenvalue weighted by atomic mass is 16.4. The first-order valence-corrected chi connectivity index (χ1v) is 11.4. The monoisotopic (exact) mass is 432 g/mol. The van der Waals surface area contributed by atoms with Crippen molar-refractivity contribution in [2.75, 3.05) is 0 Å². The number of hydrogen-bond donors (Lipinski definition) is 3. The lowest BCUT2D eigenvalue weighted by Gasteiger charge is -2.13. The summed E-state index contributed by atoms with van der Waals surface area (Å²) in [6.07, 6.45) is 26.6. The standard InChI is InChI=1S/C25H40N2O4/c1-2-3-4-5-6-7-8-9-10-11-12-13-14-15-16-17-18-19-24(29)27-22(25(30)31)20-21-23(26)28/h6-7,9-10,12-13,15-16,22H,2-5,8,11,14,17-21H2,1H3,(H2,26,28)(H,27,29)(H,30,31). The van der Waals surface area contributed by atoms with Crippen LogP contribution in [0.3, 0.4) is 0 Å². The summed E-state index contributed by atoms with van der Waals surface area (Å²) in [7, 11) is 0. The van der Waals surface area contributed by atoms with Gasteiger partial charge in [0.2, 0.25) is 11.8 Å². The Hall–Kier alpha value is -2.63. The number of carboxylic acid groups (broad SMARTS) is 1. The number of carbonyl (C=O) groups excluding carboxylic acids is 2. The Bertz CT molecular complexity index is 621. The van der Waals surface area contributed by atoms with Gasteiger partial charge in [0, 0.05) is 12.8 Å². The van der Waals surface area contributed by atoms with Gasteiger partial charge in [-0.2, -0.15) is 0 Å². The molecule has 0 aliphatic rings. The second kappa shape index (κ2) is 20.6. The molecule has 0 aromatic rings. The highest BCUT2D eigenvalue weighted by Crippen LogP contribution is 2.03. The van der Waals surface area contributed by atoms with Gasteiger partial charge in [-0.05, 0) is 51.4 Å². The van der Waals surface area contributed by atoms with Crippen molar-refractivity contribution >= 4 is 17.8 Å². The predicted octanol–water partition coefficient (Wildman–Crippen LogP) is 4.97. The third-order valence-corrected chi connectivity index (χ3v) is 4.54. The van der Waals surface area contributed by atoms with Crippen LogP contribution in [-0.4, -0.2) is 28.9 Å². The minimum Gasteiger partial charge on any atom is -0.480 e. The van der Waals surface area contributed by atoms with Crippen LogP contribution < -0.4 is 11.1 Å². The van der Waals surface area contributed by atoms with Gasteiger partial charge in [0.25, 0.3) is 0 Å². The Balaban J connectivity index is 3.77. The highest BCUT2D eigenvalue weighted by molar-refractivity contribution is 5.84. The van der Waals surface area contributed by atoms with E-state index in [1.54, 1.807) is 0 Å². The van der Waals surface area contributed by atoms with E-state index in [1.807, 2.05) is 6.08 Å². The number of hydrogen-bond acceptors (Lipinski definition) is 3. The molecule has 0 heterocycles. The zero-order valence-electron chi connectivity index (χ0n) is 18.9. The van der Waals surface area contributed by atoms with Crippen LogP contribution >= 0.6 is 0 Å². The zero-order chi connectivity index (χ0) is 23.2. The fraction of sp³-hybridized carbons (Fsp3) is 0.560. The molecule has 31 heavy (non-hydrogen) atoms. The summed E-state index contributed by atoms with van der Waals surface area (Å²) in [5, 5.41) is 11.5. The molecule has 174 valence electrons. The van der Waals surface area contributed by atoms with E-state index in [2.05, 4.69) is 54.8 Å². The fourth-order valence-corrected chi connectivity index (χ4v) is 2.75. The minimum absolute atomic E-state index is 0.00752. The van der Waals surface area contributed by atoms with Crippen LogP contribution in [0.1, 0.15) is 84.0 Å². The molecular weight excluding hydrogens is 392 g/mol. The largest absolute Gasteiger partial charge is 0.480 e. The van der Waals surface area contributed by atoms with Gasteiger partial charge in [0.15, 0.2) is 0 Å². The lowest BCUT2D eigenvalue weighted by molar-refractivity contribution is -0.142. The maximum absolute atomic E-state index is 11.8. The van der Waals surface area contributed by atoms with Crippen LogP contribution in [0, 0.1) is 0 Å². The van der Waals surface area contributed by atoms with Crippen LogP contribution in [0.2, 0.25) is 0 Å². The second-order valence-corrected chi connectivity index (χ2v) is 7.44. The smallest absolute Gasteiger partial charge is 0.326 e. The van der Waals surface area contributed by atoms with Gasteiger partial charge < -0.3 is 16.2 Å². The van der Waals surface area contributed by atoms with E-state index in [9.17, 15) is 14.4 Å². The molecule has 6 nitrogen and oxygen atoms in total. The summed E-state index contributed by atoms with van der Waals surface area (Å²) in [5.74, 6) is -2.07. The molecule has 1 atom stereocenters. The lowest BCUT2D eigenvalue weighted by atomic mass is 10.1. The van der Waals surface area contributed by atoms with Crippen molar-refractivity contribution in [3.63, 3.8) is 0 Å². The number of amides is 2. The summed E-state index contributed by atoms with van der Waals surface area (Å²) >= 11 is 0. The number of rotatable bonds is 19. The third kappa shape index (κ3) is 20.4. The summed E-state index contributed by atoms with van der Waals surface area (Å²) < 4.78 is 0. The quantitative estimate of drug-likeness (QED) is 0.198. The SMILES string of the molecule is CCCCCC=CCC=CCC=CCC=CCCCC(=O)NC(CCC(N)=O)C(=O)O. The second-order valence-electron chi connectivity index (χ2n) is 7.44. The van der Waals surface area contributed by atoms with Gasteiger partial charge in [0.05, 0.1) is 0 Å². The molecule has 0 aromatic carbocycles. The number of aliphatic carboxylic acids is 1. The molecule has 0 spiro atoms. The molecule has 0 fully saturated rings. The van der Waals surface area contributed by atoms with Crippen LogP contribution in [0.25, 0.3) is 0 Å². The van der Waals surface area contributed by atoms with Gasteiger partial charge in [-0.3, -0.25) is 9.59 Å². The first kappa shape index (κ1) is 28.4. The molecule has 0 saturated carbocycles. The predicted molar refractivity (Wildman–Crippen MR) is 126 cm³/mol. The van der Waals surface area contributed by atoms with E-state index in [0.717, 1.165) is 25.7 Å². The van der Waals surface area contributed by atoms with E-state index >= 15 is 0 Å². The van der Waals surface area contributed by atoms with Crippen LogP contribution in [0.15, 0.2) is 48.6 Å². The Kier molecular flexibility index (Phi) is 18.9. The Labute approximate surface area is 187 Å². The van der Waals surface area contributed by atoms with Crippen LogP contribution in [0.4, 0.5) is 0 Å². The van der Waals surface area contributed by atoms with E-state index in [0.29, 0.717) is 6.42 Å². The maximum atomic E-state index is 11.8. The van der Waals surface area contributed by atoms with Gasteiger partial charge >= 0.3 is 5.97 Å². The van der Waals surface area contributed by atoms with E-state index in [-0.39, 0.29) is 25.2 Å². The first-order valence-electron chi connectivity index (χ1n) is 11.4. The average Bonchev–Trinajstić information content (AvgIpc) is 2.73. The van der Waals surface area contributed by atoms with Gasteiger partial charge in [-0.25, -0.2) is 4.79 Å². The molecule has 0 aromatic heterocycles. The average molecular weight is 433 g/mol. The molecule has 0 aliphatic carbocycles. The van der Waals surface area contributed by atoms with E-state index in [1.165, 1.54) is 25.7 Å². The third-order valence-electron chi connectivity index (χ3n) is 4.54. The van der Waals surface area contributed by atoms with Gasteiger partial charge in [-0.15, -0.1) is 0 Å². The molecule has 0 bridgehead atoms. The number of nitrogens with two attached hydrogens (primary N) is 1. The van der Waals surface area contributed by atoms with Crippen LogP contribution in [0.5, 0.6) is 0 Å². The summed E-state index contributed by atoms with van der Waals surface area (Å²) in [6, 6.07) is -1.07. The number of primary amides is 1. The number of nitrogens with one attached hydrogen (secondary N) is 1. The number of carbonyl (C=O) groups is 3. The van der Waals surface area contributed by atoms with Crippen molar-refractivity contribution in [1.29, 1.82) is 0 Å². The van der Waals surface area contributed by atoms with E-state index in [4.69, 9.17) is 10.8 Å². The van der Waals surface area contributed by atoms with Crippen molar-refractivity contribution in [2.45, 2.75) is 90.0 Å². The Morgan fingerprint density at radius 3 is 1.81 bits per heavy atom. The molecule has 0 saturated heterocycles. The molecule has 6 heteroatoms. The highest BCUT2D eigenvalue weighted by Gasteiger charge is 2.19.